The second-order valence-electron chi connectivity index (χ2n) is 27.4. The summed E-state index contributed by atoms with van der Waals surface area (Å²) < 4.78 is 45.5. The normalized spacial score (nSPS) is 16.0. The summed E-state index contributed by atoms with van der Waals surface area (Å²) >= 11 is 3.06. The van der Waals surface area contributed by atoms with Crippen molar-refractivity contribution in [1.82, 2.24) is 50.6 Å². The molecular weight excluding hydrogens is 1720 g/mol. The van der Waals surface area contributed by atoms with E-state index in [1.807, 2.05) is 136 Å². The number of primary amides is 3. The number of nitrogens with one attached hydrogen (secondary N) is 6. The van der Waals surface area contributed by atoms with Gasteiger partial charge in [-0.25, -0.2) is 30.2 Å². The first-order valence-electron chi connectivity index (χ1n) is 40.2. The summed E-state index contributed by atoms with van der Waals surface area (Å²) in [5.74, 6) is 0.110. The average molecular weight is 1830 g/mol. The van der Waals surface area contributed by atoms with Gasteiger partial charge >= 0.3 is 36.3 Å². The van der Waals surface area contributed by atoms with E-state index in [0.717, 1.165) is 74.6 Å². The van der Waals surface area contributed by atoms with Crippen LogP contribution in [-0.2, 0) is 83.7 Å². The number of esters is 2. The minimum absolute atomic E-state index is 0. The molecule has 46 nitrogen and oxygen atoms in total. The van der Waals surface area contributed by atoms with Gasteiger partial charge in [-0.1, -0.05) is 147 Å². The molecule has 5 fully saturated rings. The largest absolute Gasteiger partial charge is 0.465 e. The molecule has 686 valence electrons. The van der Waals surface area contributed by atoms with Crippen molar-refractivity contribution in [3.63, 3.8) is 0 Å². The number of halogens is 1. The molecule has 4 aromatic carbocycles. The first-order chi connectivity index (χ1) is 61.4. The van der Waals surface area contributed by atoms with Crippen LogP contribution in [0.3, 0.4) is 0 Å². The van der Waals surface area contributed by atoms with Gasteiger partial charge in [0.1, 0.15) is 36.9 Å². The van der Waals surface area contributed by atoms with Gasteiger partial charge in [0.15, 0.2) is 17.5 Å². The van der Waals surface area contributed by atoms with Crippen LogP contribution in [-0.4, -0.2) is 286 Å². The Bertz CT molecular complexity index is 4660. The number of piperazine rings is 5. The molecular formula is C80H109BrN26O20. The van der Waals surface area contributed by atoms with Crippen LogP contribution in [0.5, 0.6) is 0 Å². The third-order valence-corrected chi connectivity index (χ3v) is 19.0. The van der Waals surface area contributed by atoms with Crippen molar-refractivity contribution >= 4 is 110 Å². The Labute approximate surface area is 740 Å². The molecule has 3 aromatic heterocycles. The average Bonchev–Trinajstić information content (AvgIpc) is 1.71. The highest BCUT2D eigenvalue weighted by Crippen LogP contribution is 2.22. The summed E-state index contributed by atoms with van der Waals surface area (Å²) in [5, 5.41) is 46.1. The van der Waals surface area contributed by atoms with Gasteiger partial charge in [0.25, 0.3) is 17.7 Å². The van der Waals surface area contributed by atoms with E-state index in [1.54, 1.807) is 45.6 Å². The second-order valence-corrected chi connectivity index (χ2v) is 28.3. The van der Waals surface area contributed by atoms with Gasteiger partial charge in [-0.2, -0.15) is 0 Å². The summed E-state index contributed by atoms with van der Waals surface area (Å²) in [7, 11) is 0. The Morgan fingerprint density at radius 3 is 1.00 bits per heavy atom. The number of carbonyl (C=O) groups excluding carboxylic acids is 9. The highest BCUT2D eigenvalue weighted by molar-refractivity contribution is 9.18. The summed E-state index contributed by atoms with van der Waals surface area (Å²) in [6.07, 6.45) is -1.63. The predicted octanol–water partition coefficient (Wildman–Crippen LogP) is 5.15. The smallest absolute Gasteiger partial charge is 0.410 e. The number of anilines is 3. The van der Waals surface area contributed by atoms with E-state index in [4.69, 9.17) is 87.9 Å². The quantitative estimate of drug-likeness (QED) is 0.0154. The van der Waals surface area contributed by atoms with Gasteiger partial charge in [0.2, 0.25) is 41.2 Å². The SMILES string of the molecule is CCOC(=O)CN.CCOC(=O)CN.N=NC(=N)c1cc(N2CCN(C(=O)OCc3ccccc3)CC2)no1.N=NC(=N)c1cc(N2CCNCC2)no1.NC(=O)C1CC(Br)=NO1.NC(=O)C1CC(N2CCN(C(=O)OCc3ccccc3)CC2)=NO1.NC(=O)c1cc(N2CCN(C(=O)OCc3ccccc3)CC2)no1.O=C(OCc1ccccc1)N1CCNCC1.[HH]. The third-order valence-electron chi connectivity index (χ3n) is 18.6. The lowest BCUT2D eigenvalue weighted by molar-refractivity contribution is -0.142. The molecule has 14 rings (SSSR count). The van der Waals surface area contributed by atoms with Crippen molar-refractivity contribution in [3.05, 3.63) is 179 Å². The number of amidine groups is 3. The molecule has 0 aliphatic carbocycles. The van der Waals surface area contributed by atoms with Crippen molar-refractivity contribution in [2.24, 2.45) is 49.2 Å². The van der Waals surface area contributed by atoms with Gasteiger partial charge in [-0.3, -0.25) is 34.8 Å². The lowest BCUT2D eigenvalue weighted by Gasteiger charge is -2.34. The van der Waals surface area contributed by atoms with Crippen molar-refractivity contribution < 1.29 is 96.2 Å². The molecule has 127 heavy (non-hydrogen) atoms. The van der Waals surface area contributed by atoms with Gasteiger partial charge in [-0.05, 0) is 52.0 Å². The number of hydrogen-bond donors (Lipinski definition) is 11. The molecule has 2 unspecified atom stereocenters. The zero-order valence-corrected chi connectivity index (χ0v) is 71.9. The van der Waals surface area contributed by atoms with Gasteiger partial charge in [0, 0.05) is 157 Å². The summed E-state index contributed by atoms with van der Waals surface area (Å²) in [6, 6.07) is 43.1. The minimum atomic E-state index is -0.686. The molecule has 5 saturated heterocycles. The van der Waals surface area contributed by atoms with Crippen LogP contribution < -0.4 is 54.0 Å². The van der Waals surface area contributed by atoms with Crippen LogP contribution in [0.1, 0.15) is 72.4 Å². The molecule has 0 spiro atoms. The van der Waals surface area contributed by atoms with E-state index in [1.165, 1.54) is 6.07 Å². The number of benzene rings is 4. The monoisotopic (exact) mass is 1830 g/mol. The fourth-order valence-electron chi connectivity index (χ4n) is 11.7. The molecule has 7 aromatic rings. The zero-order chi connectivity index (χ0) is 91.7. The fraction of sp³-hybridized carbons (Fsp3) is 0.425. The molecule has 2 atom stereocenters. The van der Waals surface area contributed by atoms with E-state index in [0.29, 0.717) is 139 Å². The number of rotatable bonds is 20. The second kappa shape index (κ2) is 55.2. The third kappa shape index (κ3) is 35.6. The molecule has 16 N–H and O–H groups in total. The highest BCUT2D eigenvalue weighted by Gasteiger charge is 2.33. The van der Waals surface area contributed by atoms with Crippen LogP contribution in [0.2, 0.25) is 0 Å². The first kappa shape index (κ1) is 100. The maximum Gasteiger partial charge on any atom is 0.410 e. The van der Waals surface area contributed by atoms with E-state index >= 15 is 0 Å². The summed E-state index contributed by atoms with van der Waals surface area (Å²) in [5.41, 5.74) is 42.4. The van der Waals surface area contributed by atoms with E-state index in [2.05, 4.69) is 81.8 Å². The number of nitrogens with two attached hydrogens (primary N) is 5. The van der Waals surface area contributed by atoms with Crippen molar-refractivity contribution in [2.75, 3.05) is 172 Å². The van der Waals surface area contributed by atoms with E-state index in [9.17, 15) is 43.2 Å². The number of aromatic nitrogens is 3. The van der Waals surface area contributed by atoms with Crippen LogP contribution in [0, 0.1) is 21.9 Å². The number of nitrogens with zero attached hydrogens (tertiary/aromatic N) is 15. The van der Waals surface area contributed by atoms with Gasteiger partial charge in [-0.15, -0.1) is 10.2 Å². The fourth-order valence-corrected chi connectivity index (χ4v) is 12.1. The number of hydrogen-bond acceptors (Lipinski definition) is 37. The Morgan fingerprint density at radius 2 is 0.724 bits per heavy atom. The topological polar surface area (TPSA) is 630 Å². The first-order valence-corrected chi connectivity index (χ1v) is 41.0. The Kier molecular flexibility index (Phi) is 43.5. The molecule has 7 amide bonds. The molecule has 0 bridgehead atoms. The Hall–Kier alpha value is -14.1. The lowest BCUT2D eigenvalue weighted by atomic mass is 10.2. The number of amides is 7. The summed E-state index contributed by atoms with van der Waals surface area (Å²) in [4.78, 5) is 125. The standard InChI is InChI=1S/C16H18N6O3.C16H20N4O4.C16H18N4O4.C12H16N2O2.C8H12N6O.C4H5BrN2O2.2C4H9NO2.H2/c17-15(19-18)13-10-14(20-25-13)21-6-8-22(9-7-21)16(23)24-11-12-4-2-1-3-5-12;2*17-15(21)13-10-14(18-24-13)19-6-8-20(9-7-19)16(22)23-11-12-4-2-1-3-5-12;15-12(14-8-6-13-7-9-14)16-10-11-4-2-1-3-5-11;9-8(12-10)6-5-7(13-15-6)14-3-1-11-2-4-14;5-3-1-2(4(6)8)9-7-3;2*1-2-7-4(6)3-5;/h1-5,10,17-18H,6-9,11H2;1-5,13H,6-11H2,(H2,17,21);1-5,10H,6-9,11H2,(H2,17,21);1-5,13H,6-10H2;5,9-11H,1-4H2;2H,1H2,(H2,6,8);2*2-3,5H2,1H3;1H. The van der Waals surface area contributed by atoms with Crippen LogP contribution in [0.15, 0.2) is 174 Å². The van der Waals surface area contributed by atoms with Crippen LogP contribution >= 0.6 is 15.9 Å². The van der Waals surface area contributed by atoms with Gasteiger partial charge in [0.05, 0.1) is 32.7 Å². The van der Waals surface area contributed by atoms with Crippen molar-refractivity contribution in [2.45, 2.75) is 65.3 Å². The predicted molar refractivity (Wildman–Crippen MR) is 463 cm³/mol. The summed E-state index contributed by atoms with van der Waals surface area (Å²) in [6.45, 7) is 18.8. The maximum absolute atomic E-state index is 12.1. The van der Waals surface area contributed by atoms with E-state index < -0.39 is 29.9 Å². The van der Waals surface area contributed by atoms with Crippen molar-refractivity contribution in [1.29, 1.82) is 21.9 Å². The molecule has 47 heteroatoms. The minimum Gasteiger partial charge on any atom is -0.465 e. The number of ether oxygens (including phenoxy) is 6. The maximum atomic E-state index is 12.1. The van der Waals surface area contributed by atoms with E-state index in [-0.39, 0.29) is 99.6 Å². The molecule has 7 aliphatic rings. The molecule has 10 heterocycles. The van der Waals surface area contributed by atoms with Crippen molar-refractivity contribution in [3.8, 4) is 0 Å². The zero-order valence-electron chi connectivity index (χ0n) is 70.3. The molecule has 0 radical (unpaired) electrons. The highest BCUT2D eigenvalue weighted by atomic mass is 79.9. The Morgan fingerprint density at radius 1 is 0.425 bits per heavy atom. The van der Waals surface area contributed by atoms with Crippen LogP contribution in [0.4, 0.5) is 36.6 Å². The Balaban J connectivity index is 0.000000234. The molecule has 7 aliphatic heterocycles. The number of oxime groups is 2. The molecule has 0 saturated carbocycles. The number of carbonyl (C=O) groups is 9. The van der Waals surface area contributed by atoms with Crippen LogP contribution in [0.25, 0.3) is 0 Å². The lowest BCUT2D eigenvalue weighted by Crippen LogP contribution is -2.50. The van der Waals surface area contributed by atoms with Gasteiger partial charge < -0.3 is 130 Å².